The number of primary sulfonamides is 1. The highest BCUT2D eigenvalue weighted by Gasteiger charge is 2.18. The lowest BCUT2D eigenvalue weighted by molar-refractivity contribution is -0.121. The van der Waals surface area contributed by atoms with Gasteiger partial charge in [0.25, 0.3) is 0 Å². The summed E-state index contributed by atoms with van der Waals surface area (Å²) in [7, 11) is -3.78. The maximum atomic E-state index is 12.4. The molecular weight excluding hydrogens is 430 g/mol. The summed E-state index contributed by atoms with van der Waals surface area (Å²) in [5.41, 5.74) is 3.27. The van der Waals surface area contributed by atoms with Crippen molar-refractivity contribution in [3.8, 4) is 22.4 Å². The van der Waals surface area contributed by atoms with Crippen molar-refractivity contribution in [2.75, 3.05) is 6.54 Å². The molecule has 3 N–H and O–H groups in total. The second-order valence-electron chi connectivity index (χ2n) is 7.38. The highest BCUT2D eigenvalue weighted by Crippen LogP contribution is 2.34. The number of amides is 1. The van der Waals surface area contributed by atoms with Gasteiger partial charge >= 0.3 is 0 Å². The van der Waals surface area contributed by atoms with Crippen molar-refractivity contribution in [2.24, 2.45) is 5.14 Å². The van der Waals surface area contributed by atoms with Crippen molar-refractivity contribution in [3.63, 3.8) is 0 Å². The second kappa shape index (κ2) is 9.88. The molecule has 0 aliphatic heterocycles. The fourth-order valence-corrected chi connectivity index (χ4v) is 3.77. The molecule has 0 atom stereocenters. The van der Waals surface area contributed by atoms with E-state index >= 15 is 0 Å². The maximum Gasteiger partial charge on any atom is 0.238 e. The van der Waals surface area contributed by atoms with Crippen molar-refractivity contribution in [1.82, 2.24) is 10.5 Å². The van der Waals surface area contributed by atoms with Gasteiger partial charge in [0.05, 0.1) is 10.5 Å². The number of ketones is 1. The molecule has 32 heavy (non-hydrogen) atoms. The van der Waals surface area contributed by atoms with E-state index in [4.69, 9.17) is 9.66 Å². The van der Waals surface area contributed by atoms with Gasteiger partial charge in [-0.25, -0.2) is 13.6 Å². The number of carbonyl (C=O) groups excluding carboxylic acids is 2. The molecule has 0 saturated heterocycles. The van der Waals surface area contributed by atoms with Gasteiger partial charge in [0.2, 0.25) is 15.9 Å². The molecular formula is C23H25N3O5S. The molecule has 0 aliphatic carbocycles. The van der Waals surface area contributed by atoms with Gasteiger partial charge in [-0.3, -0.25) is 9.59 Å². The van der Waals surface area contributed by atoms with Gasteiger partial charge in [0, 0.05) is 30.5 Å². The summed E-state index contributed by atoms with van der Waals surface area (Å²) in [6.45, 7) is 4.33. The largest absolute Gasteiger partial charge is 0.360 e. The van der Waals surface area contributed by atoms with Gasteiger partial charge in [0.1, 0.15) is 11.5 Å². The van der Waals surface area contributed by atoms with Crippen LogP contribution in [0.4, 0.5) is 0 Å². The first-order valence-electron chi connectivity index (χ1n) is 10.2. The summed E-state index contributed by atoms with van der Waals surface area (Å²) < 4.78 is 28.4. The number of aryl methyl sites for hydroxylation is 1. The zero-order valence-corrected chi connectivity index (χ0v) is 18.7. The van der Waals surface area contributed by atoms with Crippen molar-refractivity contribution in [1.29, 1.82) is 0 Å². The number of aromatic nitrogens is 1. The van der Waals surface area contributed by atoms with Crippen molar-refractivity contribution < 1.29 is 22.5 Å². The standard InChI is InChI=1S/C23H25N3O5S/c1-3-14-25-21(28)13-12-20(27)16-4-6-18(7-5-16)23-22(15(2)31-26-23)17-8-10-19(11-9-17)32(24,29)30/h4-11H,3,12-14H2,1-2H3,(H,25,28)(H2,24,29,30). The summed E-state index contributed by atoms with van der Waals surface area (Å²) in [6, 6.07) is 13.1. The molecule has 8 nitrogen and oxygen atoms in total. The lowest BCUT2D eigenvalue weighted by atomic mass is 9.98. The minimum absolute atomic E-state index is 0.0168. The highest BCUT2D eigenvalue weighted by molar-refractivity contribution is 7.89. The summed E-state index contributed by atoms with van der Waals surface area (Å²) in [5.74, 6) is 0.327. The van der Waals surface area contributed by atoms with Crippen LogP contribution in [0.25, 0.3) is 22.4 Å². The van der Waals surface area contributed by atoms with Gasteiger partial charge < -0.3 is 9.84 Å². The Hall–Kier alpha value is -3.30. The van der Waals surface area contributed by atoms with E-state index < -0.39 is 10.0 Å². The third-order valence-corrected chi connectivity index (χ3v) is 5.90. The maximum absolute atomic E-state index is 12.4. The number of nitrogens with two attached hydrogens (primary N) is 1. The Morgan fingerprint density at radius 3 is 2.22 bits per heavy atom. The van der Waals surface area contributed by atoms with Crippen LogP contribution in [0.1, 0.15) is 42.3 Å². The van der Waals surface area contributed by atoms with Crippen LogP contribution in [0, 0.1) is 6.92 Å². The van der Waals surface area contributed by atoms with Crippen molar-refractivity contribution >= 4 is 21.7 Å². The quantitative estimate of drug-likeness (QED) is 0.475. The molecule has 168 valence electrons. The zero-order chi connectivity index (χ0) is 23.3. The minimum Gasteiger partial charge on any atom is -0.360 e. The first-order chi connectivity index (χ1) is 15.2. The first kappa shape index (κ1) is 23.4. The van der Waals surface area contributed by atoms with Crippen LogP contribution >= 0.6 is 0 Å². The molecule has 0 unspecified atom stereocenters. The molecule has 0 radical (unpaired) electrons. The average Bonchev–Trinajstić information content (AvgIpc) is 3.17. The molecule has 0 fully saturated rings. The van der Waals surface area contributed by atoms with Gasteiger partial charge in [-0.05, 0) is 31.0 Å². The fourth-order valence-electron chi connectivity index (χ4n) is 3.26. The number of nitrogens with zero attached hydrogens (tertiary/aromatic N) is 1. The van der Waals surface area contributed by atoms with Gasteiger partial charge in [0.15, 0.2) is 5.78 Å². The van der Waals surface area contributed by atoms with E-state index in [-0.39, 0.29) is 29.4 Å². The predicted octanol–water partition coefficient (Wildman–Crippen LogP) is 3.45. The van der Waals surface area contributed by atoms with Crippen molar-refractivity contribution in [3.05, 3.63) is 59.9 Å². The number of rotatable bonds is 9. The topological polar surface area (TPSA) is 132 Å². The van der Waals surface area contributed by atoms with E-state index in [1.165, 1.54) is 12.1 Å². The van der Waals surface area contributed by atoms with Crippen LogP contribution in [0.5, 0.6) is 0 Å². The Morgan fingerprint density at radius 1 is 1.00 bits per heavy atom. The Morgan fingerprint density at radius 2 is 1.62 bits per heavy atom. The second-order valence-corrected chi connectivity index (χ2v) is 8.94. The number of hydrogen-bond donors (Lipinski definition) is 2. The SMILES string of the molecule is CCCNC(=O)CCC(=O)c1ccc(-c2noc(C)c2-c2ccc(S(N)(=O)=O)cc2)cc1. The Labute approximate surface area is 186 Å². The molecule has 3 rings (SSSR count). The Bertz CT molecular complexity index is 1210. The van der Waals surface area contributed by atoms with Crippen LogP contribution in [-0.2, 0) is 14.8 Å². The van der Waals surface area contributed by atoms with E-state index in [2.05, 4.69) is 10.5 Å². The number of carbonyl (C=O) groups is 2. The molecule has 0 spiro atoms. The van der Waals surface area contributed by atoms with E-state index in [9.17, 15) is 18.0 Å². The molecule has 3 aromatic rings. The third-order valence-electron chi connectivity index (χ3n) is 4.97. The molecule has 2 aromatic carbocycles. The highest BCUT2D eigenvalue weighted by atomic mass is 32.2. The molecule has 0 aliphatic rings. The number of hydrogen-bond acceptors (Lipinski definition) is 6. The smallest absolute Gasteiger partial charge is 0.238 e. The Balaban J connectivity index is 1.79. The van der Waals surface area contributed by atoms with Crippen LogP contribution in [0.15, 0.2) is 57.9 Å². The van der Waals surface area contributed by atoms with E-state index in [0.29, 0.717) is 23.6 Å². The summed E-state index contributed by atoms with van der Waals surface area (Å²) >= 11 is 0. The average molecular weight is 456 g/mol. The summed E-state index contributed by atoms with van der Waals surface area (Å²) in [4.78, 5) is 24.1. The lowest BCUT2D eigenvalue weighted by Gasteiger charge is -2.06. The fraction of sp³-hybridized carbons (Fsp3) is 0.261. The van der Waals surface area contributed by atoms with Gasteiger partial charge in [-0.2, -0.15) is 0 Å². The van der Waals surface area contributed by atoms with Crippen LogP contribution < -0.4 is 10.5 Å². The lowest BCUT2D eigenvalue weighted by Crippen LogP contribution is -2.24. The van der Waals surface area contributed by atoms with Crippen LogP contribution in [0.3, 0.4) is 0 Å². The van der Waals surface area contributed by atoms with Crippen LogP contribution in [-0.4, -0.2) is 31.8 Å². The van der Waals surface area contributed by atoms with E-state index in [1.54, 1.807) is 43.3 Å². The predicted molar refractivity (Wildman–Crippen MR) is 120 cm³/mol. The first-order valence-corrected chi connectivity index (χ1v) is 11.7. The number of benzene rings is 2. The number of Topliss-reactive ketones (excluding diaryl/α,β-unsaturated/α-hetero) is 1. The molecule has 1 heterocycles. The van der Waals surface area contributed by atoms with Gasteiger partial charge in [-0.1, -0.05) is 48.5 Å². The Kier molecular flexibility index (Phi) is 7.22. The summed E-state index contributed by atoms with van der Waals surface area (Å²) in [5, 5.41) is 12.1. The van der Waals surface area contributed by atoms with E-state index in [1.807, 2.05) is 6.92 Å². The number of sulfonamides is 1. The third kappa shape index (κ3) is 5.49. The number of nitrogens with one attached hydrogen (secondary N) is 1. The van der Waals surface area contributed by atoms with Crippen LogP contribution in [0.2, 0.25) is 0 Å². The molecule has 1 aromatic heterocycles. The zero-order valence-electron chi connectivity index (χ0n) is 17.9. The van der Waals surface area contributed by atoms with E-state index in [0.717, 1.165) is 23.1 Å². The summed E-state index contributed by atoms with van der Waals surface area (Å²) in [6.07, 6.45) is 1.14. The van der Waals surface area contributed by atoms with Crippen molar-refractivity contribution in [2.45, 2.75) is 38.0 Å². The normalized spacial score (nSPS) is 11.3. The molecule has 1 amide bonds. The van der Waals surface area contributed by atoms with Gasteiger partial charge in [-0.15, -0.1) is 0 Å². The monoisotopic (exact) mass is 455 g/mol. The molecule has 0 bridgehead atoms. The minimum atomic E-state index is -3.78. The molecule has 9 heteroatoms. The molecule has 0 saturated carbocycles.